The summed E-state index contributed by atoms with van der Waals surface area (Å²) in [6.07, 6.45) is 27.8. The molecule has 0 aromatic carbocycles. The third-order valence-electron chi connectivity index (χ3n) is 7.26. The lowest BCUT2D eigenvalue weighted by atomic mass is 9.98. The van der Waals surface area contributed by atoms with Crippen LogP contribution in [-0.4, -0.2) is 25.2 Å². The van der Waals surface area contributed by atoms with Crippen molar-refractivity contribution in [3.05, 3.63) is 0 Å². The molecule has 0 heterocycles. The zero-order valence-electron chi connectivity index (χ0n) is 24.6. The van der Waals surface area contributed by atoms with Crippen LogP contribution in [0.1, 0.15) is 175 Å². The predicted octanol–water partition coefficient (Wildman–Crippen LogP) is 10.1. The second kappa shape index (κ2) is 28.5. The molecule has 4 nitrogen and oxygen atoms in total. The quantitative estimate of drug-likeness (QED) is 0.0776. The molecule has 0 spiro atoms. The van der Waals surface area contributed by atoms with Gasteiger partial charge < -0.3 is 9.47 Å². The van der Waals surface area contributed by atoms with Crippen LogP contribution in [0.5, 0.6) is 0 Å². The number of rotatable bonds is 28. The molecule has 1 unspecified atom stereocenters. The van der Waals surface area contributed by atoms with E-state index in [4.69, 9.17) is 9.47 Å². The Morgan fingerprint density at radius 1 is 0.500 bits per heavy atom. The number of carbonyl (C=O) groups is 2. The number of esters is 2. The van der Waals surface area contributed by atoms with E-state index in [1.54, 1.807) is 0 Å². The Kier molecular flexibility index (Phi) is 27.7. The first kappa shape index (κ1) is 34.9. The minimum Gasteiger partial charge on any atom is -0.466 e. The van der Waals surface area contributed by atoms with E-state index in [0.717, 1.165) is 44.9 Å². The lowest BCUT2D eigenvalue weighted by Crippen LogP contribution is -2.17. The highest BCUT2D eigenvalue weighted by atomic mass is 16.5. The van der Waals surface area contributed by atoms with Crippen molar-refractivity contribution in [3.63, 3.8) is 0 Å². The van der Waals surface area contributed by atoms with E-state index >= 15 is 0 Å². The highest BCUT2D eigenvalue weighted by Gasteiger charge is 2.17. The Morgan fingerprint density at radius 3 is 1.42 bits per heavy atom. The van der Waals surface area contributed by atoms with Crippen LogP contribution in [0.25, 0.3) is 0 Å². The van der Waals surface area contributed by atoms with E-state index in [1.807, 2.05) is 0 Å². The van der Waals surface area contributed by atoms with Crippen molar-refractivity contribution in [1.29, 1.82) is 0 Å². The molecular formula is C32H62O4. The minimum absolute atomic E-state index is 0.0137. The van der Waals surface area contributed by atoms with E-state index in [0.29, 0.717) is 19.6 Å². The maximum absolute atomic E-state index is 12.3. The second-order valence-corrected chi connectivity index (χ2v) is 10.7. The fourth-order valence-electron chi connectivity index (χ4n) is 4.70. The predicted molar refractivity (Wildman–Crippen MR) is 153 cm³/mol. The topological polar surface area (TPSA) is 52.6 Å². The fraction of sp³-hybridized carbons (Fsp3) is 0.938. The molecule has 0 rings (SSSR count). The van der Waals surface area contributed by atoms with Crippen molar-refractivity contribution >= 4 is 11.9 Å². The molecule has 0 aromatic heterocycles. The summed E-state index contributed by atoms with van der Waals surface area (Å²) in [5.74, 6) is 0.0974. The van der Waals surface area contributed by atoms with Gasteiger partial charge in [0.25, 0.3) is 0 Å². The standard InChI is InChI=1S/C32H62O4/c1-4-7-9-11-20-24-28-35-31(33)27-23-19-17-15-13-14-16-18-22-26-30(6-3)32(34)36-29-25-21-12-10-8-5-2/h30H,4-29H2,1-3H3. The van der Waals surface area contributed by atoms with Crippen LogP contribution in [0.15, 0.2) is 0 Å². The van der Waals surface area contributed by atoms with Gasteiger partial charge in [-0.2, -0.15) is 0 Å². The molecule has 0 aliphatic carbocycles. The van der Waals surface area contributed by atoms with Gasteiger partial charge in [-0.3, -0.25) is 9.59 Å². The molecule has 0 bridgehead atoms. The lowest BCUT2D eigenvalue weighted by Gasteiger charge is -2.14. The van der Waals surface area contributed by atoms with Gasteiger partial charge in [0, 0.05) is 6.42 Å². The first-order chi connectivity index (χ1) is 17.7. The average Bonchev–Trinajstić information content (AvgIpc) is 2.88. The molecule has 0 amide bonds. The van der Waals surface area contributed by atoms with E-state index in [2.05, 4.69) is 20.8 Å². The van der Waals surface area contributed by atoms with Crippen LogP contribution in [0.2, 0.25) is 0 Å². The number of unbranched alkanes of at least 4 members (excludes halogenated alkanes) is 18. The van der Waals surface area contributed by atoms with Crippen LogP contribution in [0.4, 0.5) is 0 Å². The van der Waals surface area contributed by atoms with Gasteiger partial charge in [-0.05, 0) is 32.1 Å². The smallest absolute Gasteiger partial charge is 0.308 e. The molecule has 0 aromatic rings. The zero-order valence-corrected chi connectivity index (χ0v) is 24.6. The summed E-state index contributed by atoms with van der Waals surface area (Å²) in [6.45, 7) is 7.76. The maximum atomic E-state index is 12.3. The number of ether oxygens (including phenoxy) is 2. The highest BCUT2D eigenvalue weighted by Crippen LogP contribution is 2.18. The monoisotopic (exact) mass is 510 g/mol. The van der Waals surface area contributed by atoms with Crippen molar-refractivity contribution in [2.75, 3.05) is 13.2 Å². The molecule has 0 aliphatic rings. The van der Waals surface area contributed by atoms with Crippen LogP contribution < -0.4 is 0 Å². The number of hydrogen-bond donors (Lipinski definition) is 0. The van der Waals surface area contributed by atoms with E-state index in [9.17, 15) is 9.59 Å². The van der Waals surface area contributed by atoms with Crippen LogP contribution in [-0.2, 0) is 19.1 Å². The average molecular weight is 511 g/mol. The van der Waals surface area contributed by atoms with Gasteiger partial charge in [-0.25, -0.2) is 0 Å². The molecule has 0 radical (unpaired) electrons. The van der Waals surface area contributed by atoms with Gasteiger partial charge in [0.05, 0.1) is 19.1 Å². The molecule has 1 atom stereocenters. The van der Waals surface area contributed by atoms with Crippen molar-refractivity contribution in [2.45, 2.75) is 175 Å². The fourth-order valence-corrected chi connectivity index (χ4v) is 4.70. The summed E-state index contributed by atoms with van der Waals surface area (Å²) >= 11 is 0. The van der Waals surface area contributed by atoms with Gasteiger partial charge >= 0.3 is 11.9 Å². The molecule has 0 fully saturated rings. The van der Waals surface area contributed by atoms with Crippen LogP contribution in [0.3, 0.4) is 0 Å². The first-order valence-corrected chi connectivity index (χ1v) is 16.0. The SMILES string of the molecule is CCCCCCCCOC(=O)CCCCCCCCCCCC(CC)C(=O)OCCCCCCCC. The van der Waals surface area contributed by atoms with Gasteiger partial charge in [-0.15, -0.1) is 0 Å². The van der Waals surface area contributed by atoms with Gasteiger partial charge in [-0.1, -0.05) is 136 Å². The Bertz CT molecular complexity index is 477. The maximum Gasteiger partial charge on any atom is 0.308 e. The summed E-state index contributed by atoms with van der Waals surface area (Å²) < 4.78 is 10.9. The Labute approximate surface area is 225 Å². The van der Waals surface area contributed by atoms with Crippen LogP contribution in [0, 0.1) is 5.92 Å². The summed E-state index contributed by atoms with van der Waals surface area (Å²) in [7, 11) is 0. The van der Waals surface area contributed by atoms with E-state index < -0.39 is 0 Å². The van der Waals surface area contributed by atoms with Crippen molar-refractivity contribution in [3.8, 4) is 0 Å². The third kappa shape index (κ3) is 24.6. The summed E-state index contributed by atoms with van der Waals surface area (Å²) in [6, 6.07) is 0. The minimum atomic E-state index is -0.0137. The van der Waals surface area contributed by atoms with E-state index in [-0.39, 0.29) is 17.9 Å². The highest BCUT2D eigenvalue weighted by molar-refractivity contribution is 5.72. The molecule has 4 heteroatoms. The molecule has 36 heavy (non-hydrogen) atoms. The lowest BCUT2D eigenvalue weighted by molar-refractivity contribution is -0.149. The molecule has 0 aliphatic heterocycles. The van der Waals surface area contributed by atoms with Gasteiger partial charge in [0.1, 0.15) is 0 Å². The molecule has 0 saturated heterocycles. The number of carbonyl (C=O) groups excluding carboxylic acids is 2. The zero-order chi connectivity index (χ0) is 26.5. The van der Waals surface area contributed by atoms with E-state index in [1.165, 1.54) is 103 Å². The first-order valence-electron chi connectivity index (χ1n) is 16.0. The second-order valence-electron chi connectivity index (χ2n) is 10.7. The summed E-state index contributed by atoms with van der Waals surface area (Å²) in [5.41, 5.74) is 0. The summed E-state index contributed by atoms with van der Waals surface area (Å²) in [5, 5.41) is 0. The molecule has 0 saturated carbocycles. The van der Waals surface area contributed by atoms with Crippen molar-refractivity contribution in [1.82, 2.24) is 0 Å². The Balaban J connectivity index is 3.44. The number of hydrogen-bond acceptors (Lipinski definition) is 4. The van der Waals surface area contributed by atoms with Crippen molar-refractivity contribution in [2.24, 2.45) is 5.92 Å². The Hall–Kier alpha value is -1.06. The molecule has 0 N–H and O–H groups in total. The molecular weight excluding hydrogens is 448 g/mol. The normalized spacial score (nSPS) is 12.0. The van der Waals surface area contributed by atoms with Crippen LogP contribution >= 0.6 is 0 Å². The van der Waals surface area contributed by atoms with Gasteiger partial charge in [0.2, 0.25) is 0 Å². The largest absolute Gasteiger partial charge is 0.466 e. The van der Waals surface area contributed by atoms with Gasteiger partial charge in [0.15, 0.2) is 0 Å². The molecule has 214 valence electrons. The Morgan fingerprint density at radius 2 is 0.917 bits per heavy atom. The summed E-state index contributed by atoms with van der Waals surface area (Å²) in [4.78, 5) is 24.1. The van der Waals surface area contributed by atoms with Crippen molar-refractivity contribution < 1.29 is 19.1 Å². The third-order valence-corrected chi connectivity index (χ3v) is 7.26.